The first-order valence-electron chi connectivity index (χ1n) is 25.2. The first-order chi connectivity index (χ1) is 30.5. The van der Waals surface area contributed by atoms with Crippen molar-refractivity contribution in [1.29, 1.82) is 0 Å². The summed E-state index contributed by atoms with van der Waals surface area (Å²) in [6.07, 6.45) is 65.5. The van der Waals surface area contributed by atoms with E-state index in [2.05, 4.69) is 118 Å². The van der Waals surface area contributed by atoms with Gasteiger partial charge in [-0.2, -0.15) is 0 Å². The van der Waals surface area contributed by atoms with Gasteiger partial charge in [0.2, 0.25) is 0 Å². The number of carbonyl (C=O) groups is 3. The number of rotatable bonds is 44. The normalized spacial score (nSPS) is 12.9. The molecule has 0 amide bonds. The van der Waals surface area contributed by atoms with Crippen molar-refractivity contribution in [3.05, 3.63) is 97.2 Å². The molecule has 0 aliphatic carbocycles. The fraction of sp³-hybridized carbons (Fsp3) is 0.661. The lowest BCUT2D eigenvalue weighted by atomic mass is 10.1. The molecule has 62 heavy (non-hydrogen) atoms. The van der Waals surface area contributed by atoms with Crippen LogP contribution in [0.25, 0.3) is 0 Å². The Balaban J connectivity index is 4.31. The summed E-state index contributed by atoms with van der Waals surface area (Å²) in [6, 6.07) is 0. The second-order valence-electron chi connectivity index (χ2n) is 16.3. The smallest absolute Gasteiger partial charge is 0.306 e. The number of carbonyl (C=O) groups excluding carboxylic acids is 3. The zero-order chi connectivity index (χ0) is 45.1. The summed E-state index contributed by atoms with van der Waals surface area (Å²) < 4.78 is 16.7. The third-order valence-electron chi connectivity index (χ3n) is 10.3. The quantitative estimate of drug-likeness (QED) is 0.0263. The lowest BCUT2D eigenvalue weighted by Crippen LogP contribution is -2.30. The fourth-order valence-corrected chi connectivity index (χ4v) is 6.60. The van der Waals surface area contributed by atoms with E-state index in [9.17, 15) is 14.4 Å². The van der Waals surface area contributed by atoms with Crippen LogP contribution < -0.4 is 0 Å². The van der Waals surface area contributed by atoms with Gasteiger partial charge >= 0.3 is 17.9 Å². The monoisotopic (exact) mass is 861 g/mol. The van der Waals surface area contributed by atoms with Gasteiger partial charge in [-0.25, -0.2) is 0 Å². The Hall–Kier alpha value is -3.67. The van der Waals surface area contributed by atoms with Crippen molar-refractivity contribution in [1.82, 2.24) is 0 Å². The predicted octanol–water partition coefficient (Wildman–Crippen LogP) is 16.6. The third kappa shape index (κ3) is 47.4. The van der Waals surface area contributed by atoms with Crippen LogP contribution >= 0.6 is 0 Å². The second-order valence-corrected chi connectivity index (χ2v) is 16.3. The fourth-order valence-electron chi connectivity index (χ4n) is 6.60. The maximum absolute atomic E-state index is 12.7. The molecule has 0 bridgehead atoms. The molecule has 0 aromatic carbocycles. The van der Waals surface area contributed by atoms with E-state index in [0.717, 1.165) is 122 Å². The number of hydrogen-bond acceptors (Lipinski definition) is 6. The predicted molar refractivity (Wildman–Crippen MR) is 265 cm³/mol. The third-order valence-corrected chi connectivity index (χ3v) is 10.3. The average molecular weight is 861 g/mol. The molecule has 0 radical (unpaired) electrons. The van der Waals surface area contributed by atoms with Gasteiger partial charge in [0.1, 0.15) is 13.2 Å². The van der Waals surface area contributed by atoms with E-state index in [1.807, 2.05) is 0 Å². The molecule has 0 aliphatic rings. The largest absolute Gasteiger partial charge is 0.462 e. The zero-order valence-corrected chi connectivity index (χ0v) is 40.1. The average Bonchev–Trinajstić information content (AvgIpc) is 3.27. The highest BCUT2D eigenvalue weighted by molar-refractivity contribution is 5.71. The van der Waals surface area contributed by atoms with Gasteiger partial charge in [0.05, 0.1) is 0 Å². The van der Waals surface area contributed by atoms with Gasteiger partial charge in [-0.15, -0.1) is 0 Å². The van der Waals surface area contributed by atoms with Gasteiger partial charge in [-0.1, -0.05) is 201 Å². The number of esters is 3. The first kappa shape index (κ1) is 58.3. The minimum Gasteiger partial charge on any atom is -0.462 e. The summed E-state index contributed by atoms with van der Waals surface area (Å²) in [7, 11) is 0. The standard InChI is InChI=1S/C56H92O6/c1-4-7-10-13-16-19-21-23-24-25-26-27-28-29-30-31-32-34-35-37-40-43-46-49-55(58)61-52-53(51-60-54(57)48-45-42-39-18-15-12-9-6-3)62-56(59)50-47-44-41-38-36-33-22-20-17-14-11-8-5-2/h7-8,10-11,16-17,19-20,23-24,26-27,29-30,33,36,53H,4-6,9,12-15,18,21-22,25,28,31-32,34-35,37-52H2,1-3H3/b10-7-,11-8-,19-16-,20-17-,24-23-,27-26-,30-29-,36-33-. The summed E-state index contributed by atoms with van der Waals surface area (Å²) in [5.41, 5.74) is 0. The second kappa shape index (κ2) is 50.0. The van der Waals surface area contributed by atoms with Crippen LogP contribution in [0.1, 0.15) is 220 Å². The molecule has 0 rings (SSSR count). The summed E-state index contributed by atoms with van der Waals surface area (Å²) >= 11 is 0. The highest BCUT2D eigenvalue weighted by Crippen LogP contribution is 2.13. The van der Waals surface area contributed by atoms with E-state index >= 15 is 0 Å². The molecule has 1 atom stereocenters. The molecule has 352 valence electrons. The number of unbranched alkanes of at least 4 members (excludes halogenated alkanes) is 17. The molecular formula is C56H92O6. The molecule has 0 aromatic heterocycles. The van der Waals surface area contributed by atoms with Crippen LogP contribution in [0.4, 0.5) is 0 Å². The van der Waals surface area contributed by atoms with E-state index in [1.54, 1.807) is 0 Å². The van der Waals surface area contributed by atoms with E-state index in [1.165, 1.54) is 57.8 Å². The van der Waals surface area contributed by atoms with Gasteiger partial charge < -0.3 is 14.2 Å². The number of allylic oxidation sites excluding steroid dienone is 16. The highest BCUT2D eigenvalue weighted by atomic mass is 16.6. The minimum absolute atomic E-state index is 0.0932. The zero-order valence-electron chi connectivity index (χ0n) is 40.1. The van der Waals surface area contributed by atoms with Gasteiger partial charge in [-0.3, -0.25) is 14.4 Å². The Bertz CT molecular complexity index is 1260. The topological polar surface area (TPSA) is 78.9 Å². The lowest BCUT2D eigenvalue weighted by molar-refractivity contribution is -0.167. The molecule has 0 N–H and O–H groups in total. The van der Waals surface area contributed by atoms with Crippen LogP contribution in [0.2, 0.25) is 0 Å². The van der Waals surface area contributed by atoms with Crippen molar-refractivity contribution in [3.63, 3.8) is 0 Å². The van der Waals surface area contributed by atoms with Gasteiger partial charge in [0.25, 0.3) is 0 Å². The Labute approximate surface area is 381 Å². The molecular weight excluding hydrogens is 769 g/mol. The SMILES string of the molecule is CC/C=C\C/C=C\C/C=C\C/C=C\C/C=C\CCCCCCCCCC(=O)OCC(COC(=O)CCCCCCCCCC)OC(=O)CCCCC/C=C\C/C=C\C/C=C\CC. The van der Waals surface area contributed by atoms with Gasteiger partial charge in [-0.05, 0) is 96.3 Å². The number of hydrogen-bond donors (Lipinski definition) is 0. The van der Waals surface area contributed by atoms with Crippen molar-refractivity contribution in [2.24, 2.45) is 0 Å². The summed E-state index contributed by atoms with van der Waals surface area (Å²) in [6.45, 7) is 6.33. The van der Waals surface area contributed by atoms with Crippen LogP contribution in [0.5, 0.6) is 0 Å². The summed E-state index contributed by atoms with van der Waals surface area (Å²) in [5, 5.41) is 0. The molecule has 0 aliphatic heterocycles. The molecule has 0 heterocycles. The van der Waals surface area contributed by atoms with Crippen LogP contribution in [0.15, 0.2) is 97.2 Å². The van der Waals surface area contributed by atoms with Crippen molar-refractivity contribution < 1.29 is 28.6 Å². The van der Waals surface area contributed by atoms with Crippen LogP contribution in [0.3, 0.4) is 0 Å². The van der Waals surface area contributed by atoms with Crippen LogP contribution in [-0.4, -0.2) is 37.2 Å². The maximum atomic E-state index is 12.7. The highest BCUT2D eigenvalue weighted by Gasteiger charge is 2.19. The Kier molecular flexibility index (Phi) is 47.0. The van der Waals surface area contributed by atoms with Crippen molar-refractivity contribution in [3.8, 4) is 0 Å². The Morgan fingerprint density at radius 1 is 0.339 bits per heavy atom. The van der Waals surface area contributed by atoms with Crippen molar-refractivity contribution in [2.45, 2.75) is 226 Å². The number of ether oxygens (including phenoxy) is 3. The summed E-state index contributed by atoms with van der Waals surface area (Å²) in [4.78, 5) is 37.8. The molecule has 6 heteroatoms. The van der Waals surface area contributed by atoms with Crippen molar-refractivity contribution in [2.75, 3.05) is 13.2 Å². The molecule has 0 spiro atoms. The molecule has 0 saturated heterocycles. The van der Waals surface area contributed by atoms with Crippen LogP contribution in [0, 0.1) is 0 Å². The Morgan fingerprint density at radius 3 is 1.00 bits per heavy atom. The minimum atomic E-state index is -0.794. The molecule has 0 saturated carbocycles. The lowest BCUT2D eigenvalue weighted by Gasteiger charge is -2.18. The van der Waals surface area contributed by atoms with Crippen molar-refractivity contribution >= 4 is 17.9 Å². The first-order valence-corrected chi connectivity index (χ1v) is 25.2. The summed E-state index contributed by atoms with van der Waals surface area (Å²) in [5.74, 6) is -0.944. The molecule has 0 fully saturated rings. The van der Waals surface area contributed by atoms with E-state index in [-0.39, 0.29) is 37.5 Å². The molecule has 6 nitrogen and oxygen atoms in total. The molecule has 1 unspecified atom stereocenters. The van der Waals surface area contributed by atoms with E-state index in [0.29, 0.717) is 12.8 Å². The van der Waals surface area contributed by atoms with Gasteiger partial charge in [0.15, 0.2) is 6.10 Å². The van der Waals surface area contributed by atoms with E-state index < -0.39 is 6.10 Å². The van der Waals surface area contributed by atoms with Gasteiger partial charge in [0, 0.05) is 19.3 Å². The Morgan fingerprint density at radius 2 is 0.629 bits per heavy atom. The molecule has 0 aromatic rings. The maximum Gasteiger partial charge on any atom is 0.306 e. The van der Waals surface area contributed by atoms with E-state index in [4.69, 9.17) is 14.2 Å². The van der Waals surface area contributed by atoms with Crippen LogP contribution in [-0.2, 0) is 28.6 Å².